The van der Waals surface area contributed by atoms with Crippen molar-refractivity contribution in [2.45, 2.75) is 69.6 Å². The minimum Gasteiger partial charge on any atom is -0.481 e. The lowest BCUT2D eigenvalue weighted by Gasteiger charge is -2.33. The number of aliphatic imine (C=N–C) groups is 1. The molecule has 1 saturated carbocycles. The largest absolute Gasteiger partial charge is 0.481 e. The number of carboxylic acids is 1. The van der Waals surface area contributed by atoms with E-state index in [1.807, 2.05) is 4.90 Å². The van der Waals surface area contributed by atoms with Crippen molar-refractivity contribution in [3.63, 3.8) is 0 Å². The van der Waals surface area contributed by atoms with Crippen LogP contribution in [0.5, 0.6) is 0 Å². The van der Waals surface area contributed by atoms with E-state index in [0.717, 1.165) is 0 Å². The number of carbonyl (C=O) groups is 2. The number of rotatable bonds is 8. The number of hydrogen-bond donors (Lipinski definition) is 2. The molecule has 5 atom stereocenters. The summed E-state index contributed by atoms with van der Waals surface area (Å²) in [5.41, 5.74) is 1.32. The predicted octanol–water partition coefficient (Wildman–Crippen LogP) is 4.15. The van der Waals surface area contributed by atoms with E-state index in [9.17, 15) is 19.1 Å². The van der Waals surface area contributed by atoms with Crippen LogP contribution >= 0.6 is 11.3 Å². The van der Waals surface area contributed by atoms with Gasteiger partial charge >= 0.3 is 11.9 Å². The third kappa shape index (κ3) is 5.46. The number of ether oxygens (including phenoxy) is 1. The fourth-order valence-electron chi connectivity index (χ4n) is 7.22. The van der Waals surface area contributed by atoms with Crippen LogP contribution in [0.4, 0.5) is 13.2 Å². The van der Waals surface area contributed by atoms with Gasteiger partial charge in [-0.3, -0.25) is 19.6 Å². The van der Waals surface area contributed by atoms with Gasteiger partial charge in [-0.1, -0.05) is 12.1 Å². The van der Waals surface area contributed by atoms with Crippen LogP contribution in [0, 0.1) is 18.7 Å². The average molecular weight is 618 g/mol. The number of carboxylic acid groups (broad SMARTS) is 1. The van der Waals surface area contributed by atoms with E-state index in [2.05, 4.69) is 10.3 Å². The third-order valence-corrected chi connectivity index (χ3v) is 9.95. The molecule has 1 aromatic carbocycles. The summed E-state index contributed by atoms with van der Waals surface area (Å²) in [5, 5.41) is 15.0. The second kappa shape index (κ2) is 11.7. The topological polar surface area (TPSA) is 107 Å². The molecule has 2 unspecified atom stereocenters. The number of aliphatic carboxylic acids is 1. The van der Waals surface area contributed by atoms with Gasteiger partial charge < -0.3 is 15.2 Å². The number of carbonyl (C=O) groups excluding carboxylic acids is 1. The molecule has 2 N–H and O–H groups in total. The molecule has 0 spiro atoms. The Bertz CT molecular complexity index is 1470. The van der Waals surface area contributed by atoms with Crippen LogP contribution in [0.2, 0.25) is 0 Å². The molecule has 0 amide bonds. The zero-order valence-corrected chi connectivity index (χ0v) is 24.7. The summed E-state index contributed by atoms with van der Waals surface area (Å²) in [4.78, 5) is 37.7. The van der Waals surface area contributed by atoms with Crippen LogP contribution in [0.25, 0.3) is 0 Å². The molecule has 4 heterocycles. The smallest absolute Gasteiger partial charge is 0.338 e. The third-order valence-electron chi connectivity index (χ3n) is 9.17. The molecule has 0 radical (unpaired) electrons. The maximum absolute atomic E-state index is 15.8. The molecule has 6 rings (SSSR count). The van der Waals surface area contributed by atoms with E-state index in [0.29, 0.717) is 59.9 Å². The summed E-state index contributed by atoms with van der Waals surface area (Å²) in [6.07, 6.45) is 3.56. The minimum absolute atomic E-state index is 0.00355. The van der Waals surface area contributed by atoms with E-state index in [1.54, 1.807) is 42.5 Å². The van der Waals surface area contributed by atoms with Crippen LogP contribution < -0.4 is 5.32 Å². The van der Waals surface area contributed by atoms with Crippen molar-refractivity contribution in [3.8, 4) is 0 Å². The zero-order valence-electron chi connectivity index (χ0n) is 23.9. The summed E-state index contributed by atoms with van der Waals surface area (Å²) < 4.78 is 51.7. The zero-order chi connectivity index (χ0) is 30.5. The highest BCUT2D eigenvalue weighted by Gasteiger charge is 2.61. The highest BCUT2D eigenvalue weighted by molar-refractivity contribution is 7.11. The number of alkyl halides is 2. The Kier molecular flexibility index (Phi) is 8.07. The lowest BCUT2D eigenvalue weighted by Crippen LogP contribution is -2.49. The van der Waals surface area contributed by atoms with Crippen molar-refractivity contribution < 1.29 is 32.6 Å². The molecule has 3 aliphatic heterocycles. The van der Waals surface area contributed by atoms with Gasteiger partial charge in [-0.25, -0.2) is 22.9 Å². The van der Waals surface area contributed by atoms with Gasteiger partial charge in [0.05, 0.1) is 30.7 Å². The highest BCUT2D eigenvalue weighted by atomic mass is 32.1. The molecule has 2 saturated heterocycles. The van der Waals surface area contributed by atoms with E-state index in [-0.39, 0.29) is 24.8 Å². The van der Waals surface area contributed by atoms with Gasteiger partial charge in [-0.15, -0.1) is 11.3 Å². The number of likely N-dealkylation sites (tertiary alicyclic amines) is 2. The lowest BCUT2D eigenvalue weighted by molar-refractivity contribution is -0.142. The van der Waals surface area contributed by atoms with Crippen molar-refractivity contribution in [2.24, 2.45) is 10.9 Å². The first-order chi connectivity index (χ1) is 20.6. The fraction of sp³-hybridized carbons (Fsp3) is 0.533. The molecule has 0 bridgehead atoms. The number of benzene rings is 1. The van der Waals surface area contributed by atoms with Gasteiger partial charge in [0, 0.05) is 42.4 Å². The minimum atomic E-state index is -3.04. The van der Waals surface area contributed by atoms with E-state index < -0.39 is 54.3 Å². The molecule has 13 heteroatoms. The number of nitrogens with one attached hydrogen (secondary N) is 1. The van der Waals surface area contributed by atoms with Gasteiger partial charge in [-0.05, 0) is 56.7 Å². The van der Waals surface area contributed by atoms with Gasteiger partial charge in [0.25, 0.3) is 5.92 Å². The predicted molar refractivity (Wildman–Crippen MR) is 154 cm³/mol. The van der Waals surface area contributed by atoms with Crippen LogP contribution in [0.1, 0.15) is 54.8 Å². The Labute approximate surface area is 251 Å². The normalized spacial score (nSPS) is 29.0. The van der Waals surface area contributed by atoms with Crippen molar-refractivity contribution >= 4 is 29.1 Å². The fourth-order valence-corrected chi connectivity index (χ4v) is 7.81. The molecule has 3 fully saturated rings. The monoisotopic (exact) mass is 617 g/mol. The number of thiazole rings is 1. The van der Waals surface area contributed by atoms with E-state index in [1.165, 1.54) is 17.4 Å². The standard InChI is InChI=1S/C30H34F3N5O4S/c1-3-42-29(41)23-21(35-26(27-34-10-12-43-27)36-24(23)19-5-4-6-20(31)16(19)2)14-37-15-30(32,33)25-22(37)9-11-38(25)18-8-7-17(13-18)28(39)40/h4-6,10,12,17-18,22,24-25H,3,7-9,11,13-15H2,1-2H3,(H,35,36)(H,39,40)/t17?,18?,22-,24-,25+/m0/s1. The van der Waals surface area contributed by atoms with Crippen molar-refractivity contribution in [2.75, 3.05) is 26.2 Å². The summed E-state index contributed by atoms with van der Waals surface area (Å²) in [6.45, 7) is 3.32. The average Bonchev–Trinajstić information content (AvgIpc) is 3.76. The van der Waals surface area contributed by atoms with Gasteiger partial charge in [-0.2, -0.15) is 0 Å². The van der Waals surface area contributed by atoms with Crippen LogP contribution in [-0.2, 0) is 14.3 Å². The van der Waals surface area contributed by atoms with E-state index in [4.69, 9.17) is 9.73 Å². The number of halogens is 3. The van der Waals surface area contributed by atoms with E-state index >= 15 is 8.78 Å². The van der Waals surface area contributed by atoms with Crippen LogP contribution in [-0.4, -0.2) is 88.0 Å². The molecular formula is C30H34F3N5O4S. The van der Waals surface area contributed by atoms with Gasteiger partial charge in [0.15, 0.2) is 10.8 Å². The first-order valence-corrected chi connectivity index (χ1v) is 15.5. The highest BCUT2D eigenvalue weighted by Crippen LogP contribution is 2.46. The molecule has 9 nitrogen and oxygen atoms in total. The second-order valence-electron chi connectivity index (χ2n) is 11.6. The van der Waals surface area contributed by atoms with Crippen LogP contribution in [0.15, 0.2) is 46.0 Å². The molecule has 1 aliphatic carbocycles. The first kappa shape index (κ1) is 29.8. The maximum atomic E-state index is 15.8. The number of nitrogens with zero attached hydrogens (tertiary/aromatic N) is 4. The Morgan fingerprint density at radius 2 is 2.07 bits per heavy atom. The number of esters is 1. The molecule has 1 aromatic heterocycles. The summed E-state index contributed by atoms with van der Waals surface area (Å²) in [6, 6.07) is 1.92. The van der Waals surface area contributed by atoms with Gasteiger partial charge in [0.1, 0.15) is 11.9 Å². The summed E-state index contributed by atoms with van der Waals surface area (Å²) >= 11 is 1.33. The Hall–Kier alpha value is -3.29. The quantitative estimate of drug-likeness (QED) is 0.426. The Morgan fingerprint density at radius 1 is 1.26 bits per heavy atom. The lowest BCUT2D eigenvalue weighted by atomic mass is 9.92. The number of amidine groups is 1. The SMILES string of the molecule is CCOC(=O)C1=C(CN2CC(F)(F)[C@H]3[C@@H]2CCN3C2CCC(C(=O)O)C2)NC(c2nccs2)=N[C@H]1c1cccc(F)c1C. The number of aromatic nitrogens is 1. The summed E-state index contributed by atoms with van der Waals surface area (Å²) in [5.74, 6) is -5.15. The Balaban J connectivity index is 1.36. The van der Waals surface area contributed by atoms with Crippen molar-refractivity contribution in [1.82, 2.24) is 20.1 Å². The first-order valence-electron chi connectivity index (χ1n) is 14.6. The van der Waals surface area contributed by atoms with Gasteiger partial charge in [0.2, 0.25) is 0 Å². The molecule has 4 aliphatic rings. The molecular weight excluding hydrogens is 583 g/mol. The number of hydrogen-bond acceptors (Lipinski definition) is 9. The second-order valence-corrected chi connectivity index (χ2v) is 12.5. The van der Waals surface area contributed by atoms with Crippen molar-refractivity contribution in [1.29, 1.82) is 0 Å². The maximum Gasteiger partial charge on any atom is 0.338 e. The van der Waals surface area contributed by atoms with Crippen molar-refractivity contribution in [3.05, 3.63) is 63.0 Å². The number of fused-ring (bicyclic) bond motifs is 1. The van der Waals surface area contributed by atoms with Crippen LogP contribution in [0.3, 0.4) is 0 Å². The summed E-state index contributed by atoms with van der Waals surface area (Å²) in [7, 11) is 0. The Morgan fingerprint density at radius 3 is 2.77 bits per heavy atom. The molecule has 2 aromatic rings. The molecule has 230 valence electrons. The molecule has 43 heavy (non-hydrogen) atoms.